The molecule has 1 rings (SSSR count). The third-order valence-corrected chi connectivity index (χ3v) is 2.87. The molecule has 0 saturated heterocycles. The Hall–Kier alpha value is -0.840. The summed E-state index contributed by atoms with van der Waals surface area (Å²) in [7, 11) is 1.81. The van der Waals surface area contributed by atoms with Gasteiger partial charge in [0.1, 0.15) is 5.82 Å². The van der Waals surface area contributed by atoms with Gasteiger partial charge in [0.15, 0.2) is 0 Å². The van der Waals surface area contributed by atoms with E-state index in [1.54, 1.807) is 6.92 Å². The first-order valence-electron chi connectivity index (χ1n) is 5.36. The van der Waals surface area contributed by atoms with Crippen LogP contribution < -0.4 is 10.6 Å². The molecule has 0 fully saturated rings. The molecule has 2 N–H and O–H groups in total. The van der Waals surface area contributed by atoms with E-state index in [0.717, 1.165) is 6.07 Å². The van der Waals surface area contributed by atoms with Crippen LogP contribution in [0.2, 0.25) is 5.02 Å². The number of aryl methyl sites for hydroxylation is 1. The van der Waals surface area contributed by atoms with Crippen molar-refractivity contribution in [3.05, 3.63) is 34.1 Å². The van der Waals surface area contributed by atoms with Crippen LogP contribution in [0.4, 0.5) is 4.39 Å². The maximum absolute atomic E-state index is 13.2. The van der Waals surface area contributed by atoms with E-state index in [4.69, 9.17) is 11.6 Å². The van der Waals surface area contributed by atoms with Crippen molar-refractivity contribution in [3.63, 3.8) is 0 Å². The van der Waals surface area contributed by atoms with E-state index in [0.29, 0.717) is 17.7 Å². The molecule has 3 nitrogen and oxygen atoms in total. The predicted molar refractivity (Wildman–Crippen MR) is 74.2 cm³/mol. The van der Waals surface area contributed by atoms with Crippen LogP contribution in [0.5, 0.6) is 0 Å². The highest BCUT2D eigenvalue weighted by Crippen LogP contribution is 2.20. The number of halogens is 3. The molecule has 1 aromatic rings. The molecule has 1 aromatic carbocycles. The van der Waals surface area contributed by atoms with E-state index >= 15 is 0 Å². The van der Waals surface area contributed by atoms with Crippen molar-refractivity contribution in [3.8, 4) is 0 Å². The highest BCUT2D eigenvalue weighted by atomic mass is 35.5. The molecule has 0 saturated carbocycles. The fourth-order valence-electron chi connectivity index (χ4n) is 1.27. The first-order chi connectivity index (χ1) is 7.95. The second-order valence-corrected chi connectivity index (χ2v) is 4.39. The zero-order valence-electron chi connectivity index (χ0n) is 10.5. The van der Waals surface area contributed by atoms with Crippen molar-refractivity contribution in [2.45, 2.75) is 19.9 Å². The van der Waals surface area contributed by atoms with Crippen molar-refractivity contribution in [2.75, 3.05) is 13.6 Å². The lowest BCUT2D eigenvalue weighted by Crippen LogP contribution is -2.37. The number of hydrogen-bond donors (Lipinski definition) is 2. The predicted octanol–water partition coefficient (Wildman–Crippen LogP) is 2.55. The Morgan fingerprint density at radius 1 is 1.50 bits per heavy atom. The number of carbonyl (C=O) groups excluding carboxylic acids is 1. The minimum Gasteiger partial charge on any atom is -0.350 e. The van der Waals surface area contributed by atoms with Crippen molar-refractivity contribution in [1.29, 1.82) is 0 Å². The van der Waals surface area contributed by atoms with Crippen LogP contribution in [0.25, 0.3) is 0 Å². The Morgan fingerprint density at radius 3 is 2.67 bits per heavy atom. The van der Waals surface area contributed by atoms with Crippen LogP contribution in [0.1, 0.15) is 22.8 Å². The third-order valence-electron chi connectivity index (χ3n) is 2.55. The van der Waals surface area contributed by atoms with Crippen LogP contribution in [0.15, 0.2) is 12.1 Å². The zero-order chi connectivity index (χ0) is 13.0. The van der Waals surface area contributed by atoms with Gasteiger partial charge in [0.05, 0.1) is 10.6 Å². The van der Waals surface area contributed by atoms with Gasteiger partial charge in [0.25, 0.3) is 5.91 Å². The van der Waals surface area contributed by atoms with E-state index in [9.17, 15) is 9.18 Å². The van der Waals surface area contributed by atoms with E-state index in [2.05, 4.69) is 10.6 Å². The molecular weight excluding hydrogens is 278 g/mol. The molecule has 0 aromatic heterocycles. The highest BCUT2D eigenvalue weighted by molar-refractivity contribution is 6.33. The molecule has 0 spiro atoms. The van der Waals surface area contributed by atoms with Gasteiger partial charge in [-0.25, -0.2) is 4.39 Å². The van der Waals surface area contributed by atoms with Crippen LogP contribution >= 0.6 is 24.0 Å². The van der Waals surface area contributed by atoms with E-state index in [1.807, 2.05) is 14.0 Å². The average molecular weight is 295 g/mol. The molecule has 6 heteroatoms. The van der Waals surface area contributed by atoms with E-state index in [-0.39, 0.29) is 29.4 Å². The molecule has 1 amide bonds. The van der Waals surface area contributed by atoms with Gasteiger partial charge in [-0.15, -0.1) is 12.4 Å². The molecule has 0 aliphatic heterocycles. The smallest absolute Gasteiger partial charge is 0.252 e. The normalized spacial score (nSPS) is 11.6. The summed E-state index contributed by atoms with van der Waals surface area (Å²) in [6, 6.07) is 2.78. The first kappa shape index (κ1) is 17.2. The molecule has 0 heterocycles. The monoisotopic (exact) mass is 294 g/mol. The molecule has 0 radical (unpaired) electrons. The van der Waals surface area contributed by atoms with Gasteiger partial charge in [0.2, 0.25) is 0 Å². The summed E-state index contributed by atoms with van der Waals surface area (Å²) in [5.41, 5.74) is 0.704. The van der Waals surface area contributed by atoms with Gasteiger partial charge in [-0.3, -0.25) is 4.79 Å². The van der Waals surface area contributed by atoms with E-state index < -0.39 is 5.82 Å². The summed E-state index contributed by atoms with van der Waals surface area (Å²) in [4.78, 5) is 11.8. The molecule has 0 aliphatic rings. The van der Waals surface area contributed by atoms with Crippen LogP contribution in [0.3, 0.4) is 0 Å². The van der Waals surface area contributed by atoms with Crippen LogP contribution in [0, 0.1) is 12.7 Å². The minimum absolute atomic E-state index is 0. The van der Waals surface area contributed by atoms with Gasteiger partial charge in [-0.1, -0.05) is 11.6 Å². The SMILES string of the molecule is CNC(C)CNC(=O)c1cc(C)c(F)cc1Cl.Cl. The van der Waals surface area contributed by atoms with Crippen molar-refractivity contribution in [1.82, 2.24) is 10.6 Å². The number of carbonyl (C=O) groups is 1. The first-order valence-corrected chi connectivity index (χ1v) is 5.74. The maximum atomic E-state index is 13.2. The Labute approximate surface area is 118 Å². The summed E-state index contributed by atoms with van der Waals surface area (Å²) >= 11 is 5.83. The molecule has 18 heavy (non-hydrogen) atoms. The maximum Gasteiger partial charge on any atom is 0.252 e. The largest absolute Gasteiger partial charge is 0.350 e. The van der Waals surface area contributed by atoms with Crippen molar-refractivity contribution >= 4 is 29.9 Å². The van der Waals surface area contributed by atoms with Crippen LogP contribution in [-0.4, -0.2) is 25.5 Å². The fraction of sp³-hybridized carbons (Fsp3) is 0.417. The van der Waals surface area contributed by atoms with Crippen molar-refractivity contribution in [2.24, 2.45) is 0 Å². The fourth-order valence-corrected chi connectivity index (χ4v) is 1.51. The number of nitrogens with one attached hydrogen (secondary N) is 2. The van der Waals surface area contributed by atoms with Gasteiger partial charge < -0.3 is 10.6 Å². The lowest BCUT2D eigenvalue weighted by molar-refractivity contribution is 0.0950. The third kappa shape index (κ3) is 4.44. The molecule has 0 aliphatic carbocycles. The standard InChI is InChI=1S/C12H16ClFN2O.ClH/c1-7-4-9(10(13)5-11(7)14)12(17)16-6-8(2)15-3;/h4-5,8,15H,6H2,1-3H3,(H,16,17);1H. The summed E-state index contributed by atoms with van der Waals surface area (Å²) < 4.78 is 13.2. The number of benzene rings is 1. The topological polar surface area (TPSA) is 41.1 Å². The quantitative estimate of drug-likeness (QED) is 0.896. The number of rotatable bonds is 4. The summed E-state index contributed by atoms with van der Waals surface area (Å²) in [5.74, 6) is -0.699. The second kappa shape index (κ2) is 7.56. The average Bonchev–Trinajstić information content (AvgIpc) is 2.30. The number of amides is 1. The van der Waals surface area contributed by atoms with Crippen LogP contribution in [-0.2, 0) is 0 Å². The molecular formula is C12H17Cl2FN2O. The minimum atomic E-state index is -0.407. The van der Waals surface area contributed by atoms with Gasteiger partial charge in [0, 0.05) is 12.6 Å². The van der Waals surface area contributed by atoms with E-state index in [1.165, 1.54) is 6.07 Å². The molecule has 0 bridgehead atoms. The lowest BCUT2D eigenvalue weighted by Gasteiger charge is -2.12. The molecule has 1 unspecified atom stereocenters. The summed E-state index contributed by atoms with van der Waals surface area (Å²) in [5, 5.41) is 5.86. The van der Waals surface area contributed by atoms with Crippen molar-refractivity contribution < 1.29 is 9.18 Å². The lowest BCUT2D eigenvalue weighted by atomic mass is 10.1. The Bertz CT molecular complexity index is 427. The highest BCUT2D eigenvalue weighted by Gasteiger charge is 2.13. The number of hydrogen-bond acceptors (Lipinski definition) is 2. The molecule has 1 atom stereocenters. The Kier molecular flexibility index (Phi) is 7.21. The van der Waals surface area contributed by atoms with Gasteiger partial charge in [-0.05, 0) is 38.6 Å². The van der Waals surface area contributed by atoms with Gasteiger partial charge in [-0.2, -0.15) is 0 Å². The Balaban J connectivity index is 0.00000289. The second-order valence-electron chi connectivity index (χ2n) is 3.98. The van der Waals surface area contributed by atoms with Gasteiger partial charge >= 0.3 is 0 Å². The Morgan fingerprint density at radius 2 is 2.11 bits per heavy atom. The summed E-state index contributed by atoms with van der Waals surface area (Å²) in [6.45, 7) is 4.03. The number of likely N-dealkylation sites (N-methyl/N-ethyl adjacent to an activating group) is 1. The molecule has 102 valence electrons. The summed E-state index contributed by atoms with van der Waals surface area (Å²) in [6.07, 6.45) is 0. The zero-order valence-corrected chi connectivity index (χ0v) is 12.1.